The smallest absolute Gasteiger partial charge is 0.250 e. The lowest BCUT2D eigenvalue weighted by Crippen LogP contribution is -2.31. The number of carbonyl (C=O) groups is 1. The molecule has 1 amide bonds. The molecule has 1 heterocycles. The van der Waals surface area contributed by atoms with Crippen LogP contribution in [0.2, 0.25) is 0 Å². The molecular formula is C23H20FN3O2. The van der Waals surface area contributed by atoms with Crippen molar-refractivity contribution in [1.82, 2.24) is 9.47 Å². The van der Waals surface area contributed by atoms with Gasteiger partial charge in [-0.3, -0.25) is 9.59 Å². The number of hydrogen-bond acceptors (Lipinski definition) is 3. The van der Waals surface area contributed by atoms with Crippen molar-refractivity contribution < 1.29 is 9.18 Å². The molecule has 3 rings (SSSR count). The molecule has 0 saturated carbocycles. The van der Waals surface area contributed by atoms with Gasteiger partial charge in [0.15, 0.2) is 0 Å². The largest absolute Gasteiger partial charge is 0.334 e. The van der Waals surface area contributed by atoms with Crippen LogP contribution >= 0.6 is 0 Å². The Morgan fingerprint density at radius 1 is 1.00 bits per heavy atom. The first kappa shape index (κ1) is 20.0. The molecule has 1 aromatic heterocycles. The molecule has 3 aromatic rings. The monoisotopic (exact) mass is 389 g/mol. The number of benzene rings is 2. The van der Waals surface area contributed by atoms with Gasteiger partial charge in [-0.05, 0) is 41.5 Å². The summed E-state index contributed by atoms with van der Waals surface area (Å²) < 4.78 is 15.1. The van der Waals surface area contributed by atoms with E-state index in [1.54, 1.807) is 59.6 Å². The van der Waals surface area contributed by atoms with E-state index in [4.69, 9.17) is 5.26 Å². The third kappa shape index (κ3) is 5.63. The lowest BCUT2D eigenvalue weighted by molar-refractivity contribution is -0.132. The van der Waals surface area contributed by atoms with E-state index in [0.717, 1.165) is 5.56 Å². The molecule has 0 atom stereocenters. The van der Waals surface area contributed by atoms with Crippen molar-refractivity contribution in [3.63, 3.8) is 0 Å². The first-order chi connectivity index (χ1) is 14.0. The predicted octanol–water partition coefficient (Wildman–Crippen LogP) is 3.48. The quantitative estimate of drug-likeness (QED) is 0.621. The van der Waals surface area contributed by atoms with Crippen molar-refractivity contribution in [3.8, 4) is 6.07 Å². The van der Waals surface area contributed by atoms with Crippen LogP contribution in [0.4, 0.5) is 4.39 Å². The fourth-order valence-corrected chi connectivity index (χ4v) is 3.01. The summed E-state index contributed by atoms with van der Waals surface area (Å²) in [5, 5.41) is 8.94. The van der Waals surface area contributed by atoms with E-state index >= 15 is 0 Å². The number of halogens is 1. The van der Waals surface area contributed by atoms with Crippen molar-refractivity contribution in [2.24, 2.45) is 0 Å². The highest BCUT2D eigenvalue weighted by molar-refractivity contribution is 5.76. The second kappa shape index (κ2) is 9.47. The van der Waals surface area contributed by atoms with Crippen LogP contribution in [0.3, 0.4) is 0 Å². The number of pyridine rings is 1. The van der Waals surface area contributed by atoms with E-state index in [0.29, 0.717) is 17.7 Å². The summed E-state index contributed by atoms with van der Waals surface area (Å²) in [5.74, 6) is -0.501. The fourth-order valence-electron chi connectivity index (χ4n) is 3.01. The number of aromatic nitrogens is 1. The minimum absolute atomic E-state index is 0.144. The highest BCUT2D eigenvalue weighted by Gasteiger charge is 2.15. The SMILES string of the molecule is N#Cc1ccc(CN(Cc2cccc(F)c2)C(=O)CCn2ccccc2=O)cc1. The Morgan fingerprint density at radius 2 is 1.76 bits per heavy atom. The molecule has 0 aliphatic heterocycles. The number of carbonyl (C=O) groups excluding carboxylic acids is 1. The number of amides is 1. The van der Waals surface area contributed by atoms with Crippen LogP contribution in [0, 0.1) is 17.1 Å². The van der Waals surface area contributed by atoms with Gasteiger partial charge in [0.1, 0.15) is 5.82 Å². The zero-order chi connectivity index (χ0) is 20.6. The Hall–Kier alpha value is -3.72. The summed E-state index contributed by atoms with van der Waals surface area (Å²) in [4.78, 5) is 26.4. The summed E-state index contributed by atoms with van der Waals surface area (Å²) in [6.07, 6.45) is 1.79. The normalized spacial score (nSPS) is 10.3. The highest BCUT2D eigenvalue weighted by atomic mass is 19.1. The standard InChI is InChI=1S/C23H20FN3O2/c24-21-5-3-4-20(14-21)17-27(16-19-9-7-18(15-25)8-10-19)23(29)11-13-26-12-2-1-6-22(26)28/h1-10,12,14H,11,13,16-17H2. The second-order valence-electron chi connectivity index (χ2n) is 6.67. The number of aryl methyl sites for hydroxylation is 1. The molecule has 29 heavy (non-hydrogen) atoms. The molecule has 0 spiro atoms. The Bertz CT molecular complexity index is 1080. The van der Waals surface area contributed by atoms with Crippen LogP contribution in [0.1, 0.15) is 23.1 Å². The van der Waals surface area contributed by atoms with Crippen molar-refractivity contribution in [3.05, 3.63) is 106 Å². The molecule has 146 valence electrons. The van der Waals surface area contributed by atoms with E-state index in [-0.39, 0.29) is 36.8 Å². The lowest BCUT2D eigenvalue weighted by Gasteiger charge is -2.23. The molecule has 2 aromatic carbocycles. The molecule has 0 aliphatic rings. The maximum atomic E-state index is 13.6. The van der Waals surface area contributed by atoms with Gasteiger partial charge in [0.05, 0.1) is 11.6 Å². The minimum Gasteiger partial charge on any atom is -0.334 e. The summed E-state index contributed by atoms with van der Waals surface area (Å²) >= 11 is 0. The lowest BCUT2D eigenvalue weighted by atomic mass is 10.1. The van der Waals surface area contributed by atoms with Gasteiger partial charge in [-0.25, -0.2) is 4.39 Å². The highest BCUT2D eigenvalue weighted by Crippen LogP contribution is 2.14. The molecule has 0 N–H and O–H groups in total. The molecule has 0 saturated heterocycles. The molecule has 0 fully saturated rings. The van der Waals surface area contributed by atoms with Crippen LogP contribution in [-0.4, -0.2) is 15.4 Å². The second-order valence-corrected chi connectivity index (χ2v) is 6.67. The van der Waals surface area contributed by atoms with E-state index in [2.05, 4.69) is 6.07 Å². The maximum Gasteiger partial charge on any atom is 0.250 e. The maximum absolute atomic E-state index is 13.6. The van der Waals surface area contributed by atoms with Crippen LogP contribution < -0.4 is 5.56 Å². The average Bonchev–Trinajstić information content (AvgIpc) is 2.73. The van der Waals surface area contributed by atoms with Gasteiger partial charge in [-0.1, -0.05) is 30.3 Å². The fraction of sp³-hybridized carbons (Fsp3) is 0.174. The van der Waals surface area contributed by atoms with Crippen molar-refractivity contribution >= 4 is 5.91 Å². The molecule has 0 aliphatic carbocycles. The number of hydrogen-bond donors (Lipinski definition) is 0. The van der Waals surface area contributed by atoms with Crippen molar-refractivity contribution in [2.45, 2.75) is 26.1 Å². The topological polar surface area (TPSA) is 66.1 Å². The van der Waals surface area contributed by atoms with Crippen molar-refractivity contribution in [2.75, 3.05) is 0 Å². The Morgan fingerprint density at radius 3 is 2.45 bits per heavy atom. The Labute approximate surface area is 168 Å². The van der Waals surface area contributed by atoms with Gasteiger partial charge >= 0.3 is 0 Å². The van der Waals surface area contributed by atoms with Crippen molar-refractivity contribution in [1.29, 1.82) is 5.26 Å². The molecule has 0 bridgehead atoms. The van der Waals surface area contributed by atoms with Gasteiger partial charge in [0.25, 0.3) is 5.56 Å². The van der Waals surface area contributed by atoms with E-state index < -0.39 is 0 Å². The molecule has 5 nitrogen and oxygen atoms in total. The first-order valence-electron chi connectivity index (χ1n) is 9.22. The van der Waals surface area contributed by atoms with Crippen LogP contribution in [0.15, 0.2) is 77.7 Å². The summed E-state index contributed by atoms with van der Waals surface area (Å²) in [7, 11) is 0. The zero-order valence-electron chi connectivity index (χ0n) is 15.8. The van der Waals surface area contributed by atoms with Crippen LogP contribution in [0.25, 0.3) is 0 Å². The van der Waals surface area contributed by atoms with E-state index in [1.807, 2.05) is 0 Å². The number of rotatable bonds is 7. The molecule has 6 heteroatoms. The third-order valence-corrected chi connectivity index (χ3v) is 4.54. The van der Waals surface area contributed by atoms with Gasteiger partial charge in [0.2, 0.25) is 5.91 Å². The predicted molar refractivity (Wildman–Crippen MR) is 107 cm³/mol. The third-order valence-electron chi connectivity index (χ3n) is 4.54. The number of nitrogens with zero attached hydrogens (tertiary/aromatic N) is 3. The minimum atomic E-state index is -0.357. The number of nitriles is 1. The Balaban J connectivity index is 1.76. The Kier molecular flexibility index (Phi) is 6.54. The van der Waals surface area contributed by atoms with Gasteiger partial charge in [-0.15, -0.1) is 0 Å². The zero-order valence-corrected chi connectivity index (χ0v) is 15.8. The molecular weight excluding hydrogens is 369 g/mol. The average molecular weight is 389 g/mol. The van der Waals surface area contributed by atoms with Crippen LogP contribution in [0.5, 0.6) is 0 Å². The molecule has 0 unspecified atom stereocenters. The van der Waals surface area contributed by atoms with Crippen LogP contribution in [-0.2, 0) is 24.4 Å². The van der Waals surface area contributed by atoms with Gasteiger partial charge in [-0.2, -0.15) is 5.26 Å². The summed E-state index contributed by atoms with van der Waals surface area (Å²) in [6, 6.07) is 20.0. The van der Waals surface area contributed by atoms with E-state index in [9.17, 15) is 14.0 Å². The first-order valence-corrected chi connectivity index (χ1v) is 9.22. The summed E-state index contributed by atoms with van der Waals surface area (Å²) in [6.45, 7) is 0.844. The summed E-state index contributed by atoms with van der Waals surface area (Å²) in [5.41, 5.74) is 1.93. The van der Waals surface area contributed by atoms with Gasteiger partial charge < -0.3 is 9.47 Å². The molecule has 0 radical (unpaired) electrons. The van der Waals surface area contributed by atoms with E-state index in [1.165, 1.54) is 22.8 Å². The van der Waals surface area contributed by atoms with Gasteiger partial charge in [0, 0.05) is 38.3 Å².